The Morgan fingerprint density at radius 1 is 1.17 bits per heavy atom. The van der Waals surface area contributed by atoms with Crippen molar-refractivity contribution in [3.63, 3.8) is 0 Å². The summed E-state index contributed by atoms with van der Waals surface area (Å²) in [7, 11) is 0. The fourth-order valence-electron chi connectivity index (χ4n) is 2.67. The largest absolute Gasteiger partial charge is 0.477 e. The first-order chi connectivity index (χ1) is 11.0. The van der Waals surface area contributed by atoms with Crippen LogP contribution < -0.4 is 11.2 Å². The van der Waals surface area contributed by atoms with Crippen molar-refractivity contribution >= 4 is 28.5 Å². The van der Waals surface area contributed by atoms with Crippen molar-refractivity contribution in [1.82, 2.24) is 4.57 Å². The summed E-state index contributed by atoms with van der Waals surface area (Å²) in [6.45, 7) is -0.161. The summed E-state index contributed by atoms with van der Waals surface area (Å²) in [4.78, 5) is 24.4. The third-order valence-electron chi connectivity index (χ3n) is 3.65. The summed E-state index contributed by atoms with van der Waals surface area (Å²) in [5.41, 5.74) is 6.25. The van der Waals surface area contributed by atoms with E-state index in [1.165, 1.54) is 4.57 Å². The lowest BCUT2D eigenvalue weighted by Gasteiger charge is -2.17. The summed E-state index contributed by atoms with van der Waals surface area (Å²) in [6, 6.07) is 13.7. The minimum atomic E-state index is -1.21. The van der Waals surface area contributed by atoms with Crippen molar-refractivity contribution < 1.29 is 9.90 Å². The molecular weight excluding hydrogens is 316 g/mol. The molecule has 3 aromatic rings. The molecule has 0 fully saturated rings. The number of nitrogens with zero attached hydrogens (tertiary/aromatic N) is 1. The van der Waals surface area contributed by atoms with Gasteiger partial charge in [0.15, 0.2) is 5.43 Å². The molecule has 0 radical (unpaired) electrons. The lowest BCUT2D eigenvalue weighted by Crippen LogP contribution is -2.25. The number of pyridine rings is 1. The summed E-state index contributed by atoms with van der Waals surface area (Å²) in [5.74, 6) is -1.21. The molecular formula is C17H13ClN2O3. The van der Waals surface area contributed by atoms with Crippen molar-refractivity contribution in [2.24, 2.45) is 5.73 Å². The van der Waals surface area contributed by atoms with Gasteiger partial charge in [0.05, 0.1) is 5.52 Å². The first kappa shape index (κ1) is 15.3. The molecule has 23 heavy (non-hydrogen) atoms. The third kappa shape index (κ3) is 2.50. The van der Waals surface area contributed by atoms with Crippen LogP contribution in [0.1, 0.15) is 16.1 Å². The van der Waals surface area contributed by atoms with E-state index in [0.717, 1.165) is 0 Å². The van der Waals surface area contributed by atoms with E-state index in [2.05, 4.69) is 0 Å². The number of hydrogen-bond acceptors (Lipinski definition) is 3. The van der Waals surface area contributed by atoms with Crippen molar-refractivity contribution in [2.75, 3.05) is 0 Å². The number of halogens is 1. The highest BCUT2D eigenvalue weighted by molar-refractivity contribution is 6.31. The van der Waals surface area contributed by atoms with Gasteiger partial charge in [-0.05, 0) is 30.3 Å². The molecule has 5 nitrogen and oxygen atoms in total. The van der Waals surface area contributed by atoms with Crippen LogP contribution in [0.4, 0.5) is 0 Å². The number of fused-ring (bicyclic) bond motifs is 1. The number of aromatic nitrogens is 1. The second-order valence-electron chi connectivity index (χ2n) is 5.00. The number of carbonyl (C=O) groups is 1. The van der Waals surface area contributed by atoms with Gasteiger partial charge in [-0.25, -0.2) is 4.79 Å². The van der Waals surface area contributed by atoms with E-state index in [1.807, 2.05) is 6.07 Å². The molecule has 3 rings (SSSR count). The molecule has 0 aliphatic heterocycles. The maximum Gasteiger partial charge on any atom is 0.353 e. The van der Waals surface area contributed by atoms with E-state index in [-0.39, 0.29) is 23.2 Å². The SMILES string of the molecule is NCc1c(C(=O)O)n(-c2ccccc2)c2cc(Cl)ccc2c1=O. The molecule has 6 heteroatoms. The molecule has 3 N–H and O–H groups in total. The molecule has 2 aromatic carbocycles. The quantitative estimate of drug-likeness (QED) is 0.774. The van der Waals surface area contributed by atoms with Gasteiger partial charge in [0, 0.05) is 28.2 Å². The van der Waals surface area contributed by atoms with Crippen LogP contribution >= 0.6 is 11.6 Å². The number of rotatable bonds is 3. The minimum Gasteiger partial charge on any atom is -0.477 e. The van der Waals surface area contributed by atoms with E-state index in [9.17, 15) is 14.7 Å². The molecule has 0 unspecified atom stereocenters. The summed E-state index contributed by atoms with van der Waals surface area (Å²) >= 11 is 6.05. The highest BCUT2D eigenvalue weighted by Crippen LogP contribution is 2.24. The first-order valence-electron chi connectivity index (χ1n) is 6.90. The normalized spacial score (nSPS) is 10.9. The molecule has 0 saturated heterocycles. The Balaban J connectivity index is 2.60. The predicted molar refractivity (Wildman–Crippen MR) is 89.4 cm³/mol. The van der Waals surface area contributed by atoms with Crippen LogP contribution in [-0.2, 0) is 6.54 Å². The average molecular weight is 329 g/mol. The maximum atomic E-state index is 12.6. The van der Waals surface area contributed by atoms with Crippen LogP contribution in [-0.4, -0.2) is 15.6 Å². The lowest BCUT2D eigenvalue weighted by molar-refractivity contribution is 0.0686. The van der Waals surface area contributed by atoms with Gasteiger partial charge in [0.1, 0.15) is 5.69 Å². The van der Waals surface area contributed by atoms with Crippen LogP contribution in [0.25, 0.3) is 16.6 Å². The standard InChI is InChI=1S/C17H13ClN2O3/c18-10-6-7-12-14(8-10)20(11-4-2-1-3-5-11)15(17(22)23)13(9-19)16(12)21/h1-8H,9,19H2,(H,22,23). The van der Waals surface area contributed by atoms with E-state index in [0.29, 0.717) is 21.6 Å². The summed E-state index contributed by atoms with van der Waals surface area (Å²) < 4.78 is 1.51. The van der Waals surface area contributed by atoms with Crippen LogP contribution in [0.2, 0.25) is 5.02 Å². The van der Waals surface area contributed by atoms with E-state index < -0.39 is 5.97 Å². The monoisotopic (exact) mass is 328 g/mol. The van der Waals surface area contributed by atoms with Gasteiger partial charge < -0.3 is 15.4 Å². The zero-order valence-electron chi connectivity index (χ0n) is 12.0. The number of benzene rings is 2. The molecule has 0 bridgehead atoms. The number of carboxylic acids is 1. The van der Waals surface area contributed by atoms with Crippen LogP contribution in [0, 0.1) is 0 Å². The van der Waals surface area contributed by atoms with Crippen LogP contribution in [0.5, 0.6) is 0 Å². The van der Waals surface area contributed by atoms with Gasteiger partial charge in [-0.3, -0.25) is 4.79 Å². The third-order valence-corrected chi connectivity index (χ3v) is 3.89. The Hall–Kier alpha value is -2.63. The Morgan fingerprint density at radius 3 is 2.48 bits per heavy atom. The zero-order chi connectivity index (χ0) is 16.6. The van der Waals surface area contributed by atoms with Gasteiger partial charge >= 0.3 is 5.97 Å². The number of carboxylic acid groups (broad SMARTS) is 1. The van der Waals surface area contributed by atoms with Gasteiger partial charge in [0.25, 0.3) is 0 Å². The van der Waals surface area contributed by atoms with Crippen molar-refractivity contribution in [1.29, 1.82) is 0 Å². The molecule has 0 saturated carbocycles. The highest BCUT2D eigenvalue weighted by atomic mass is 35.5. The van der Waals surface area contributed by atoms with E-state index >= 15 is 0 Å². The van der Waals surface area contributed by atoms with Crippen LogP contribution in [0.3, 0.4) is 0 Å². The molecule has 1 aromatic heterocycles. The molecule has 1 heterocycles. The van der Waals surface area contributed by atoms with Gasteiger partial charge in [-0.15, -0.1) is 0 Å². The van der Waals surface area contributed by atoms with Gasteiger partial charge in [-0.1, -0.05) is 29.8 Å². The highest BCUT2D eigenvalue weighted by Gasteiger charge is 2.22. The van der Waals surface area contributed by atoms with E-state index in [4.69, 9.17) is 17.3 Å². The smallest absolute Gasteiger partial charge is 0.353 e. The van der Waals surface area contributed by atoms with Crippen LogP contribution in [0.15, 0.2) is 53.3 Å². The summed E-state index contributed by atoms with van der Waals surface area (Å²) in [6.07, 6.45) is 0. The Morgan fingerprint density at radius 2 is 1.87 bits per heavy atom. The average Bonchev–Trinajstić information content (AvgIpc) is 2.55. The molecule has 0 aliphatic rings. The number of nitrogens with two attached hydrogens (primary N) is 1. The zero-order valence-corrected chi connectivity index (χ0v) is 12.7. The fraction of sp³-hybridized carbons (Fsp3) is 0.0588. The fourth-order valence-corrected chi connectivity index (χ4v) is 2.83. The molecule has 0 aliphatic carbocycles. The summed E-state index contributed by atoms with van der Waals surface area (Å²) in [5, 5.41) is 10.4. The molecule has 116 valence electrons. The van der Waals surface area contributed by atoms with Crippen molar-refractivity contribution in [3.05, 3.63) is 75.0 Å². The van der Waals surface area contributed by atoms with Crippen molar-refractivity contribution in [2.45, 2.75) is 6.54 Å². The second-order valence-corrected chi connectivity index (χ2v) is 5.43. The molecule has 0 spiro atoms. The first-order valence-corrected chi connectivity index (χ1v) is 7.28. The number of para-hydroxylation sites is 1. The van der Waals surface area contributed by atoms with Crippen molar-refractivity contribution in [3.8, 4) is 5.69 Å². The maximum absolute atomic E-state index is 12.6. The van der Waals surface area contributed by atoms with Gasteiger partial charge in [0.2, 0.25) is 0 Å². The minimum absolute atomic E-state index is 0.0659. The Kier molecular flexibility index (Phi) is 3.90. The topological polar surface area (TPSA) is 85.3 Å². The second kappa shape index (κ2) is 5.87. The van der Waals surface area contributed by atoms with E-state index in [1.54, 1.807) is 42.5 Å². The Bertz CT molecular complexity index is 965. The Labute approximate surface area is 136 Å². The van der Waals surface area contributed by atoms with Gasteiger partial charge in [-0.2, -0.15) is 0 Å². The molecule has 0 amide bonds. The number of hydrogen-bond donors (Lipinski definition) is 2. The predicted octanol–water partition coefficient (Wildman–Crippen LogP) is 2.80. The molecule has 0 atom stereocenters. The number of aromatic carboxylic acids is 1. The lowest BCUT2D eigenvalue weighted by atomic mass is 10.1.